The smallest absolute Gasteiger partial charge is 0.229 e. The van der Waals surface area contributed by atoms with Crippen LogP contribution in [0.15, 0.2) is 42.5 Å². The second-order valence-corrected chi connectivity index (χ2v) is 9.09. The van der Waals surface area contributed by atoms with Crippen molar-refractivity contribution in [1.29, 1.82) is 0 Å². The Bertz CT molecular complexity index is 835. The lowest BCUT2D eigenvalue weighted by Crippen LogP contribution is -2.14. The number of benzene rings is 2. The Morgan fingerprint density at radius 1 is 1.26 bits per heavy atom. The largest absolute Gasteiger partial charge is 0.455 e. The van der Waals surface area contributed by atoms with Crippen LogP contribution >= 0.6 is 22.6 Å². The SMILES string of the molecule is CS(=O)(=O)Nc1cc2c(cc1Oc1ccccc1)CCC2(O)I. The van der Waals surface area contributed by atoms with Gasteiger partial charge in [-0.05, 0) is 70.8 Å². The molecule has 0 saturated heterocycles. The molecule has 5 nitrogen and oxygen atoms in total. The number of nitrogens with one attached hydrogen (secondary N) is 1. The molecule has 1 atom stereocenters. The van der Waals surface area contributed by atoms with Crippen LogP contribution in [0.2, 0.25) is 0 Å². The average molecular weight is 445 g/mol. The van der Waals surface area contributed by atoms with Gasteiger partial charge in [0, 0.05) is 0 Å². The summed E-state index contributed by atoms with van der Waals surface area (Å²) in [5.41, 5.74) is 2.02. The molecule has 0 radical (unpaired) electrons. The number of para-hydroxylation sites is 1. The summed E-state index contributed by atoms with van der Waals surface area (Å²) in [6.07, 6.45) is 2.40. The number of hydrogen-bond donors (Lipinski definition) is 2. The number of sulfonamides is 1. The van der Waals surface area contributed by atoms with Crippen LogP contribution in [-0.4, -0.2) is 19.8 Å². The Hall–Kier alpha value is -1.32. The van der Waals surface area contributed by atoms with Crippen LogP contribution in [0.1, 0.15) is 17.5 Å². The summed E-state index contributed by atoms with van der Waals surface area (Å²) in [5, 5.41) is 10.4. The maximum atomic E-state index is 11.6. The van der Waals surface area contributed by atoms with Crippen molar-refractivity contribution < 1.29 is 18.3 Å². The number of anilines is 1. The van der Waals surface area contributed by atoms with E-state index >= 15 is 0 Å². The van der Waals surface area contributed by atoms with Crippen molar-refractivity contribution in [3.8, 4) is 11.5 Å². The van der Waals surface area contributed by atoms with E-state index in [9.17, 15) is 13.5 Å². The minimum absolute atomic E-state index is 0.326. The van der Waals surface area contributed by atoms with Crippen molar-refractivity contribution >= 4 is 38.3 Å². The van der Waals surface area contributed by atoms with Crippen LogP contribution in [0.5, 0.6) is 11.5 Å². The Labute approximate surface area is 148 Å². The first kappa shape index (κ1) is 16.5. The topological polar surface area (TPSA) is 75.6 Å². The summed E-state index contributed by atoms with van der Waals surface area (Å²) in [5.74, 6) is 1.04. The lowest BCUT2D eigenvalue weighted by molar-refractivity contribution is 0.159. The quantitative estimate of drug-likeness (QED) is 0.559. The van der Waals surface area contributed by atoms with Crippen LogP contribution in [0.3, 0.4) is 0 Å². The molecule has 0 aromatic heterocycles. The Morgan fingerprint density at radius 3 is 2.61 bits per heavy atom. The van der Waals surface area contributed by atoms with E-state index < -0.39 is 13.6 Å². The molecule has 122 valence electrons. The summed E-state index contributed by atoms with van der Waals surface area (Å²) >= 11 is 1.98. The first-order chi connectivity index (χ1) is 10.7. The van der Waals surface area contributed by atoms with E-state index in [0.717, 1.165) is 23.8 Å². The van der Waals surface area contributed by atoms with Gasteiger partial charge in [0.1, 0.15) is 9.36 Å². The maximum Gasteiger partial charge on any atom is 0.229 e. The highest BCUT2D eigenvalue weighted by molar-refractivity contribution is 14.1. The molecule has 0 aliphatic heterocycles. The molecule has 0 spiro atoms. The summed E-state index contributed by atoms with van der Waals surface area (Å²) < 4.78 is 30.6. The summed E-state index contributed by atoms with van der Waals surface area (Å²) in [6.45, 7) is 0. The molecule has 0 amide bonds. The van der Waals surface area contributed by atoms with E-state index in [2.05, 4.69) is 4.72 Å². The number of fused-ring (bicyclic) bond motifs is 1. The number of rotatable bonds is 4. The van der Waals surface area contributed by atoms with Gasteiger partial charge in [-0.3, -0.25) is 4.72 Å². The van der Waals surface area contributed by atoms with Crippen molar-refractivity contribution in [2.24, 2.45) is 0 Å². The molecule has 0 bridgehead atoms. The van der Waals surface area contributed by atoms with Gasteiger partial charge in [0.15, 0.2) is 5.75 Å². The minimum Gasteiger partial charge on any atom is -0.455 e. The highest BCUT2D eigenvalue weighted by Gasteiger charge is 2.35. The molecule has 0 fully saturated rings. The average Bonchev–Trinajstić information content (AvgIpc) is 2.74. The first-order valence-corrected chi connectivity index (χ1v) is 10.0. The third kappa shape index (κ3) is 3.78. The third-order valence-electron chi connectivity index (χ3n) is 3.61. The predicted molar refractivity (Wildman–Crippen MR) is 97.7 cm³/mol. The molecule has 1 unspecified atom stereocenters. The second-order valence-electron chi connectivity index (χ2n) is 5.55. The van der Waals surface area contributed by atoms with E-state index in [1.54, 1.807) is 24.3 Å². The maximum absolute atomic E-state index is 11.6. The molecule has 23 heavy (non-hydrogen) atoms. The highest BCUT2D eigenvalue weighted by Crippen LogP contribution is 2.46. The third-order valence-corrected chi connectivity index (χ3v) is 5.32. The summed E-state index contributed by atoms with van der Waals surface area (Å²) in [7, 11) is -3.46. The summed E-state index contributed by atoms with van der Waals surface area (Å²) in [6, 6.07) is 12.6. The number of ether oxygens (including phenoxy) is 1. The van der Waals surface area contributed by atoms with Crippen molar-refractivity contribution in [2.45, 2.75) is 16.4 Å². The fourth-order valence-corrected chi connectivity index (χ4v) is 3.93. The van der Waals surface area contributed by atoms with Gasteiger partial charge in [-0.2, -0.15) is 0 Å². The van der Waals surface area contributed by atoms with Crippen molar-refractivity contribution in [3.05, 3.63) is 53.6 Å². The van der Waals surface area contributed by atoms with Crippen LogP contribution < -0.4 is 9.46 Å². The Balaban J connectivity index is 2.07. The Kier molecular flexibility index (Phi) is 4.28. The number of hydrogen-bond acceptors (Lipinski definition) is 4. The van der Waals surface area contributed by atoms with E-state index in [1.807, 2.05) is 40.8 Å². The molecule has 7 heteroatoms. The number of aryl methyl sites for hydroxylation is 1. The molecule has 2 N–H and O–H groups in total. The van der Waals surface area contributed by atoms with E-state index in [-0.39, 0.29) is 0 Å². The first-order valence-electron chi connectivity index (χ1n) is 7.04. The molecule has 0 heterocycles. The second kappa shape index (κ2) is 5.95. The van der Waals surface area contributed by atoms with Gasteiger partial charge >= 0.3 is 0 Å². The van der Waals surface area contributed by atoms with E-state index in [0.29, 0.717) is 23.6 Å². The lowest BCUT2D eigenvalue weighted by atomic mass is 10.1. The monoisotopic (exact) mass is 445 g/mol. The molecule has 3 rings (SSSR count). The number of aliphatic hydroxyl groups is 1. The molecule has 1 aliphatic rings. The molecular weight excluding hydrogens is 429 g/mol. The molecule has 2 aromatic rings. The van der Waals surface area contributed by atoms with Gasteiger partial charge in [0.25, 0.3) is 0 Å². The van der Waals surface area contributed by atoms with E-state index in [4.69, 9.17) is 4.74 Å². The normalized spacial score (nSPS) is 20.1. The van der Waals surface area contributed by atoms with Gasteiger partial charge in [-0.15, -0.1) is 0 Å². The fourth-order valence-electron chi connectivity index (χ4n) is 2.60. The zero-order chi connectivity index (χ0) is 16.7. The van der Waals surface area contributed by atoms with Crippen LogP contribution in [-0.2, 0) is 20.1 Å². The van der Waals surface area contributed by atoms with Gasteiger partial charge in [-0.1, -0.05) is 18.2 Å². The Morgan fingerprint density at radius 2 is 1.96 bits per heavy atom. The standard InChI is InChI=1S/C16H16INO4S/c1-23(20,21)18-14-10-13-11(7-8-16(13,17)19)9-15(14)22-12-5-3-2-4-6-12/h2-6,9-10,18-19H,7-8H2,1H3. The molecule has 2 aromatic carbocycles. The zero-order valence-corrected chi connectivity index (χ0v) is 15.4. The van der Waals surface area contributed by atoms with Crippen molar-refractivity contribution in [2.75, 3.05) is 11.0 Å². The van der Waals surface area contributed by atoms with Crippen molar-refractivity contribution in [1.82, 2.24) is 0 Å². The number of alkyl halides is 1. The van der Waals surface area contributed by atoms with E-state index in [1.165, 1.54) is 0 Å². The van der Waals surface area contributed by atoms with Crippen molar-refractivity contribution in [3.63, 3.8) is 0 Å². The van der Waals surface area contributed by atoms with Gasteiger partial charge < -0.3 is 9.84 Å². The molecule has 1 aliphatic carbocycles. The van der Waals surface area contributed by atoms with Crippen LogP contribution in [0.25, 0.3) is 0 Å². The molecular formula is C16H16INO4S. The predicted octanol–water partition coefficient (Wildman–Crippen LogP) is 3.38. The fraction of sp³-hybridized carbons (Fsp3) is 0.250. The van der Waals surface area contributed by atoms with Crippen LogP contribution in [0, 0.1) is 0 Å². The highest BCUT2D eigenvalue weighted by atomic mass is 127. The van der Waals surface area contributed by atoms with Crippen LogP contribution in [0.4, 0.5) is 5.69 Å². The van der Waals surface area contributed by atoms with Gasteiger partial charge in [-0.25, -0.2) is 8.42 Å². The zero-order valence-electron chi connectivity index (χ0n) is 12.4. The molecule has 0 saturated carbocycles. The minimum atomic E-state index is -3.46. The van der Waals surface area contributed by atoms with Gasteiger partial charge in [0.2, 0.25) is 10.0 Å². The van der Waals surface area contributed by atoms with Gasteiger partial charge in [0.05, 0.1) is 11.9 Å². The lowest BCUT2D eigenvalue weighted by Gasteiger charge is -2.19. The summed E-state index contributed by atoms with van der Waals surface area (Å²) in [4.78, 5) is 0. The number of halogens is 1.